The maximum atomic E-state index is 5.82. The van der Waals surface area contributed by atoms with Crippen molar-refractivity contribution >= 4 is 15.9 Å². The summed E-state index contributed by atoms with van der Waals surface area (Å²) in [5, 5.41) is 0. The van der Waals surface area contributed by atoms with Crippen LogP contribution in [0, 0.1) is 0 Å². The molecular formula is C11H15BrN2O2. The lowest BCUT2D eigenvalue weighted by Gasteiger charge is -2.22. The van der Waals surface area contributed by atoms with Crippen molar-refractivity contribution in [2.45, 2.75) is 32.3 Å². The summed E-state index contributed by atoms with van der Waals surface area (Å²) >= 11 is 3.36. The van der Waals surface area contributed by atoms with Gasteiger partial charge in [0.1, 0.15) is 16.5 Å². The van der Waals surface area contributed by atoms with E-state index in [0.717, 1.165) is 42.9 Å². The van der Waals surface area contributed by atoms with Gasteiger partial charge >= 0.3 is 0 Å². The Morgan fingerprint density at radius 2 is 2.19 bits per heavy atom. The van der Waals surface area contributed by atoms with E-state index in [2.05, 4.69) is 25.9 Å². The Hall–Kier alpha value is -0.680. The first-order valence-electron chi connectivity index (χ1n) is 5.56. The molecule has 2 rings (SSSR count). The van der Waals surface area contributed by atoms with Gasteiger partial charge in [-0.25, -0.2) is 4.98 Å². The summed E-state index contributed by atoms with van der Waals surface area (Å²) in [6.45, 7) is 3.58. The third kappa shape index (κ3) is 3.15. The first-order chi connectivity index (χ1) is 7.78. The highest BCUT2D eigenvalue weighted by molar-refractivity contribution is 9.10. The first kappa shape index (κ1) is 11.8. The summed E-state index contributed by atoms with van der Waals surface area (Å²) in [7, 11) is 0. The van der Waals surface area contributed by atoms with Gasteiger partial charge in [0, 0.05) is 25.3 Å². The molecule has 1 aliphatic heterocycles. The summed E-state index contributed by atoms with van der Waals surface area (Å²) in [4.78, 5) is 8.59. The second-order valence-electron chi connectivity index (χ2n) is 3.73. The molecule has 4 nitrogen and oxygen atoms in total. The molecule has 1 fully saturated rings. The van der Waals surface area contributed by atoms with Crippen LogP contribution >= 0.6 is 15.9 Å². The fourth-order valence-electron chi connectivity index (χ4n) is 1.62. The second-order valence-corrected chi connectivity index (χ2v) is 4.54. The van der Waals surface area contributed by atoms with Crippen molar-refractivity contribution in [1.29, 1.82) is 0 Å². The van der Waals surface area contributed by atoms with Crippen LogP contribution in [0.2, 0.25) is 0 Å². The molecule has 0 aliphatic carbocycles. The molecule has 16 heavy (non-hydrogen) atoms. The van der Waals surface area contributed by atoms with E-state index in [9.17, 15) is 0 Å². The van der Waals surface area contributed by atoms with Gasteiger partial charge in [0.05, 0.1) is 13.2 Å². The molecule has 0 N–H and O–H groups in total. The van der Waals surface area contributed by atoms with Crippen molar-refractivity contribution < 1.29 is 9.47 Å². The van der Waals surface area contributed by atoms with Crippen LogP contribution in [0.3, 0.4) is 0 Å². The monoisotopic (exact) mass is 286 g/mol. The Morgan fingerprint density at radius 3 is 2.88 bits per heavy atom. The molecule has 1 aliphatic rings. The normalized spacial score (nSPS) is 17.4. The van der Waals surface area contributed by atoms with Gasteiger partial charge in [-0.1, -0.05) is 6.92 Å². The van der Waals surface area contributed by atoms with E-state index >= 15 is 0 Å². The smallest absolute Gasteiger partial charge is 0.217 e. The SMILES string of the molecule is CCc1nc(Br)cc(OC2CCOCC2)n1. The Bertz CT molecular complexity index is 354. The fraction of sp³-hybridized carbons (Fsp3) is 0.636. The van der Waals surface area contributed by atoms with Crippen molar-refractivity contribution in [1.82, 2.24) is 9.97 Å². The lowest BCUT2D eigenvalue weighted by atomic mass is 10.2. The lowest BCUT2D eigenvalue weighted by Crippen LogP contribution is -2.26. The molecule has 0 radical (unpaired) electrons. The van der Waals surface area contributed by atoms with Crippen LogP contribution in [0.1, 0.15) is 25.6 Å². The number of nitrogens with zero attached hydrogens (tertiary/aromatic N) is 2. The second kappa shape index (κ2) is 5.59. The number of rotatable bonds is 3. The Kier molecular flexibility index (Phi) is 4.12. The highest BCUT2D eigenvalue weighted by atomic mass is 79.9. The van der Waals surface area contributed by atoms with Crippen LogP contribution in [0.4, 0.5) is 0 Å². The standard InChI is InChI=1S/C11H15BrN2O2/c1-2-10-13-9(12)7-11(14-10)16-8-3-5-15-6-4-8/h7-8H,2-6H2,1H3. The lowest BCUT2D eigenvalue weighted by molar-refractivity contribution is 0.0235. The highest BCUT2D eigenvalue weighted by Crippen LogP contribution is 2.19. The van der Waals surface area contributed by atoms with E-state index in [1.807, 2.05) is 13.0 Å². The van der Waals surface area contributed by atoms with Gasteiger partial charge in [-0.3, -0.25) is 0 Å². The van der Waals surface area contributed by atoms with Crippen LogP contribution < -0.4 is 4.74 Å². The highest BCUT2D eigenvalue weighted by Gasteiger charge is 2.16. The van der Waals surface area contributed by atoms with E-state index in [-0.39, 0.29) is 6.10 Å². The summed E-state index contributed by atoms with van der Waals surface area (Å²) in [6.07, 6.45) is 2.90. The number of hydrogen-bond donors (Lipinski definition) is 0. The number of ether oxygens (including phenoxy) is 2. The van der Waals surface area contributed by atoms with Gasteiger partial charge in [-0.15, -0.1) is 0 Å². The maximum absolute atomic E-state index is 5.82. The molecule has 0 spiro atoms. The predicted octanol–water partition coefficient (Wildman–Crippen LogP) is 2.36. The van der Waals surface area contributed by atoms with E-state index < -0.39 is 0 Å². The summed E-state index contributed by atoms with van der Waals surface area (Å²) in [6, 6.07) is 1.81. The maximum Gasteiger partial charge on any atom is 0.217 e. The average molecular weight is 287 g/mol. The third-order valence-electron chi connectivity index (χ3n) is 2.49. The fourth-order valence-corrected chi connectivity index (χ4v) is 2.03. The third-order valence-corrected chi connectivity index (χ3v) is 2.90. The zero-order valence-electron chi connectivity index (χ0n) is 9.28. The quantitative estimate of drug-likeness (QED) is 0.800. The van der Waals surface area contributed by atoms with Crippen molar-refractivity contribution in [3.63, 3.8) is 0 Å². The summed E-state index contributed by atoms with van der Waals surface area (Å²) in [5.41, 5.74) is 0. The van der Waals surface area contributed by atoms with Crippen molar-refractivity contribution in [2.75, 3.05) is 13.2 Å². The van der Waals surface area contributed by atoms with Crippen LogP contribution in [-0.4, -0.2) is 29.3 Å². The molecule has 0 aromatic carbocycles. The predicted molar refractivity (Wildman–Crippen MR) is 63.6 cm³/mol. The molecule has 1 saturated heterocycles. The van der Waals surface area contributed by atoms with Crippen molar-refractivity contribution in [3.8, 4) is 5.88 Å². The number of aromatic nitrogens is 2. The van der Waals surface area contributed by atoms with Crippen LogP contribution in [0.25, 0.3) is 0 Å². The summed E-state index contributed by atoms with van der Waals surface area (Å²) < 4.78 is 11.9. The molecule has 0 bridgehead atoms. The molecule has 88 valence electrons. The number of hydrogen-bond acceptors (Lipinski definition) is 4. The molecule has 0 saturated carbocycles. The summed E-state index contributed by atoms with van der Waals surface area (Å²) in [5.74, 6) is 1.46. The van der Waals surface area contributed by atoms with Gasteiger partial charge in [0.2, 0.25) is 5.88 Å². The average Bonchev–Trinajstić information content (AvgIpc) is 2.29. The van der Waals surface area contributed by atoms with Gasteiger partial charge < -0.3 is 9.47 Å². The zero-order chi connectivity index (χ0) is 11.4. The first-order valence-corrected chi connectivity index (χ1v) is 6.35. The van der Waals surface area contributed by atoms with E-state index in [0.29, 0.717) is 5.88 Å². The number of halogens is 1. The van der Waals surface area contributed by atoms with Crippen LogP contribution in [-0.2, 0) is 11.2 Å². The molecule has 0 unspecified atom stereocenters. The molecule has 2 heterocycles. The Morgan fingerprint density at radius 1 is 1.44 bits per heavy atom. The van der Waals surface area contributed by atoms with Gasteiger partial charge in [-0.05, 0) is 15.9 Å². The minimum atomic E-state index is 0.222. The van der Waals surface area contributed by atoms with E-state index in [4.69, 9.17) is 9.47 Å². The van der Waals surface area contributed by atoms with E-state index in [1.54, 1.807) is 0 Å². The minimum absolute atomic E-state index is 0.222. The van der Waals surface area contributed by atoms with Crippen molar-refractivity contribution in [2.24, 2.45) is 0 Å². The Labute approximate surface area is 104 Å². The van der Waals surface area contributed by atoms with Gasteiger partial charge in [0.15, 0.2) is 0 Å². The molecule has 1 aromatic heterocycles. The largest absolute Gasteiger partial charge is 0.474 e. The van der Waals surface area contributed by atoms with Gasteiger partial charge in [0.25, 0.3) is 0 Å². The molecule has 5 heteroatoms. The molecule has 0 amide bonds. The zero-order valence-corrected chi connectivity index (χ0v) is 10.9. The topological polar surface area (TPSA) is 44.2 Å². The molecule has 0 atom stereocenters. The van der Waals surface area contributed by atoms with E-state index in [1.165, 1.54) is 0 Å². The van der Waals surface area contributed by atoms with Crippen LogP contribution in [0.5, 0.6) is 5.88 Å². The molecule has 1 aromatic rings. The van der Waals surface area contributed by atoms with Crippen LogP contribution in [0.15, 0.2) is 10.7 Å². The van der Waals surface area contributed by atoms with Gasteiger partial charge in [-0.2, -0.15) is 4.98 Å². The van der Waals surface area contributed by atoms with Crippen molar-refractivity contribution in [3.05, 3.63) is 16.5 Å². The number of aryl methyl sites for hydroxylation is 1. The Balaban J connectivity index is 2.04. The minimum Gasteiger partial charge on any atom is -0.474 e. The molecular weight excluding hydrogens is 272 g/mol.